The average Bonchev–Trinajstić information content (AvgIpc) is 2.25. The molecule has 0 aliphatic rings. The van der Waals surface area contributed by atoms with Crippen molar-refractivity contribution in [3.05, 3.63) is 65.8 Å². The van der Waals surface area contributed by atoms with Crippen LogP contribution in [-0.2, 0) is 0 Å². The van der Waals surface area contributed by atoms with Gasteiger partial charge in [-0.05, 0) is 31.9 Å². The number of aryl methyl sites for hydroxylation is 1. The van der Waals surface area contributed by atoms with E-state index in [0.29, 0.717) is 0 Å². The van der Waals surface area contributed by atoms with Gasteiger partial charge >= 0.3 is 0 Å². The van der Waals surface area contributed by atoms with Crippen molar-refractivity contribution in [1.29, 1.82) is 0 Å². The van der Waals surface area contributed by atoms with Crippen molar-refractivity contribution in [2.75, 3.05) is 0 Å². The Labute approximate surface area is 92.6 Å². The van der Waals surface area contributed by atoms with Crippen LogP contribution >= 0.6 is 0 Å². The van der Waals surface area contributed by atoms with Gasteiger partial charge in [-0.25, -0.2) is 0 Å². The molecule has 0 nitrogen and oxygen atoms in total. The molecule has 1 aromatic rings. The van der Waals surface area contributed by atoms with Gasteiger partial charge in [-0.1, -0.05) is 60.2 Å². The number of allylic oxidation sites excluding steroid dienone is 6. The molecular formula is C15H18. The molecule has 0 aromatic heterocycles. The molecule has 0 N–H and O–H groups in total. The van der Waals surface area contributed by atoms with Crippen LogP contribution in [0, 0.1) is 6.92 Å². The molecule has 0 saturated heterocycles. The summed E-state index contributed by atoms with van der Waals surface area (Å²) in [6.07, 6.45) is 10.4. The molecule has 0 fully saturated rings. The summed E-state index contributed by atoms with van der Waals surface area (Å²) in [4.78, 5) is 0. The SMILES string of the molecule is C\C=C/C(=C\C=C\C)c1ccc(C)cc1. The third kappa shape index (κ3) is 3.59. The highest BCUT2D eigenvalue weighted by Gasteiger charge is 1.95. The van der Waals surface area contributed by atoms with E-state index < -0.39 is 0 Å². The number of hydrogen-bond donors (Lipinski definition) is 0. The summed E-state index contributed by atoms with van der Waals surface area (Å²) in [7, 11) is 0. The summed E-state index contributed by atoms with van der Waals surface area (Å²) in [5.74, 6) is 0. The van der Waals surface area contributed by atoms with Crippen LogP contribution in [0.2, 0.25) is 0 Å². The van der Waals surface area contributed by atoms with Crippen LogP contribution in [0.1, 0.15) is 25.0 Å². The minimum atomic E-state index is 1.25. The quantitative estimate of drug-likeness (QED) is 0.626. The Balaban J connectivity index is 3.04. The summed E-state index contributed by atoms with van der Waals surface area (Å²) in [6.45, 7) is 6.17. The third-order valence-electron chi connectivity index (χ3n) is 2.20. The zero-order chi connectivity index (χ0) is 11.1. The van der Waals surface area contributed by atoms with Gasteiger partial charge in [0.2, 0.25) is 0 Å². The Bertz CT molecular complexity index is 375. The molecule has 0 aliphatic heterocycles. The summed E-state index contributed by atoms with van der Waals surface area (Å²) in [5.41, 5.74) is 3.80. The zero-order valence-corrected chi connectivity index (χ0v) is 9.70. The van der Waals surface area contributed by atoms with E-state index in [1.807, 2.05) is 19.9 Å². The molecule has 0 amide bonds. The number of rotatable bonds is 3. The molecule has 0 bridgehead atoms. The maximum absolute atomic E-state index is 2.16. The van der Waals surface area contributed by atoms with Gasteiger partial charge < -0.3 is 0 Å². The third-order valence-corrected chi connectivity index (χ3v) is 2.20. The van der Waals surface area contributed by atoms with Gasteiger partial charge in [-0.3, -0.25) is 0 Å². The van der Waals surface area contributed by atoms with E-state index in [1.54, 1.807) is 0 Å². The Morgan fingerprint density at radius 2 is 1.67 bits per heavy atom. The Kier molecular flexibility index (Phi) is 4.62. The molecule has 1 aromatic carbocycles. The minimum Gasteiger partial charge on any atom is -0.0876 e. The smallest absolute Gasteiger partial charge is 0.0184 e. The summed E-state index contributed by atoms with van der Waals surface area (Å²) >= 11 is 0. The maximum Gasteiger partial charge on any atom is -0.0184 e. The first-order chi connectivity index (χ1) is 7.27. The highest BCUT2D eigenvalue weighted by atomic mass is 14.0. The fourth-order valence-corrected chi connectivity index (χ4v) is 1.37. The fourth-order valence-electron chi connectivity index (χ4n) is 1.37. The van der Waals surface area contributed by atoms with Crippen molar-refractivity contribution < 1.29 is 0 Å². The Morgan fingerprint density at radius 1 is 1.00 bits per heavy atom. The predicted molar refractivity (Wildman–Crippen MR) is 68.8 cm³/mol. The lowest BCUT2D eigenvalue weighted by atomic mass is 10.0. The molecule has 0 radical (unpaired) electrons. The summed E-state index contributed by atoms with van der Waals surface area (Å²) in [5, 5.41) is 0. The van der Waals surface area contributed by atoms with E-state index >= 15 is 0 Å². The van der Waals surface area contributed by atoms with Crippen molar-refractivity contribution >= 4 is 5.57 Å². The standard InChI is InChI=1S/C15H18/c1-4-6-8-14(7-5-2)15-11-9-13(3)10-12-15/h4-12H,1-3H3/b6-4+,7-5-,14-8+. The number of benzene rings is 1. The van der Waals surface area contributed by atoms with E-state index in [-0.39, 0.29) is 0 Å². The van der Waals surface area contributed by atoms with Crippen molar-refractivity contribution in [1.82, 2.24) is 0 Å². The lowest BCUT2D eigenvalue weighted by Crippen LogP contribution is -1.81. The van der Waals surface area contributed by atoms with E-state index in [1.165, 1.54) is 16.7 Å². The van der Waals surface area contributed by atoms with Gasteiger partial charge in [-0.15, -0.1) is 0 Å². The van der Waals surface area contributed by atoms with Crippen molar-refractivity contribution in [3.63, 3.8) is 0 Å². The molecule has 78 valence electrons. The van der Waals surface area contributed by atoms with E-state index in [4.69, 9.17) is 0 Å². The van der Waals surface area contributed by atoms with Crippen molar-refractivity contribution in [2.24, 2.45) is 0 Å². The van der Waals surface area contributed by atoms with Gasteiger partial charge in [0.1, 0.15) is 0 Å². The second-order valence-corrected chi connectivity index (χ2v) is 3.51. The molecule has 1 rings (SSSR count). The Morgan fingerprint density at radius 3 is 2.20 bits per heavy atom. The molecule has 0 atom stereocenters. The molecule has 0 heterocycles. The first-order valence-corrected chi connectivity index (χ1v) is 5.30. The normalized spacial score (nSPS) is 12.9. The van der Waals surface area contributed by atoms with Gasteiger partial charge in [0.05, 0.1) is 0 Å². The van der Waals surface area contributed by atoms with E-state index in [0.717, 1.165) is 0 Å². The van der Waals surface area contributed by atoms with Gasteiger partial charge in [0.25, 0.3) is 0 Å². The number of hydrogen-bond acceptors (Lipinski definition) is 0. The predicted octanol–water partition coefficient (Wildman–Crippen LogP) is 4.53. The van der Waals surface area contributed by atoms with Crippen LogP contribution in [0.15, 0.2) is 54.6 Å². The molecule has 0 heteroatoms. The van der Waals surface area contributed by atoms with Crippen LogP contribution in [0.3, 0.4) is 0 Å². The van der Waals surface area contributed by atoms with Gasteiger partial charge in [0.15, 0.2) is 0 Å². The lowest BCUT2D eigenvalue weighted by Gasteiger charge is -2.02. The first kappa shape index (κ1) is 11.5. The molecule has 0 aliphatic carbocycles. The highest BCUT2D eigenvalue weighted by Crippen LogP contribution is 2.16. The fraction of sp³-hybridized carbons (Fsp3) is 0.200. The summed E-state index contributed by atoms with van der Waals surface area (Å²) < 4.78 is 0. The van der Waals surface area contributed by atoms with Crippen LogP contribution < -0.4 is 0 Å². The lowest BCUT2D eigenvalue weighted by molar-refractivity contribution is 1.45. The van der Waals surface area contributed by atoms with Crippen molar-refractivity contribution in [2.45, 2.75) is 20.8 Å². The van der Waals surface area contributed by atoms with Crippen LogP contribution in [0.25, 0.3) is 5.57 Å². The second-order valence-electron chi connectivity index (χ2n) is 3.51. The first-order valence-electron chi connectivity index (χ1n) is 5.30. The van der Waals surface area contributed by atoms with Crippen LogP contribution in [0.4, 0.5) is 0 Å². The summed E-state index contributed by atoms with van der Waals surface area (Å²) in [6, 6.07) is 8.60. The molecule has 0 unspecified atom stereocenters. The largest absolute Gasteiger partial charge is 0.0876 e. The van der Waals surface area contributed by atoms with Crippen LogP contribution in [-0.4, -0.2) is 0 Å². The van der Waals surface area contributed by atoms with Crippen molar-refractivity contribution in [3.8, 4) is 0 Å². The zero-order valence-electron chi connectivity index (χ0n) is 9.70. The van der Waals surface area contributed by atoms with E-state index in [2.05, 4.69) is 55.5 Å². The van der Waals surface area contributed by atoms with Gasteiger partial charge in [0, 0.05) is 0 Å². The molecule has 0 saturated carbocycles. The molecular weight excluding hydrogens is 180 g/mol. The molecule has 0 spiro atoms. The maximum atomic E-state index is 2.16. The Hall–Kier alpha value is -1.56. The molecule has 15 heavy (non-hydrogen) atoms. The highest BCUT2D eigenvalue weighted by molar-refractivity contribution is 5.75. The van der Waals surface area contributed by atoms with Crippen LogP contribution in [0.5, 0.6) is 0 Å². The average molecular weight is 198 g/mol. The van der Waals surface area contributed by atoms with Gasteiger partial charge in [-0.2, -0.15) is 0 Å². The van der Waals surface area contributed by atoms with E-state index in [9.17, 15) is 0 Å². The second kappa shape index (κ2) is 6.02. The topological polar surface area (TPSA) is 0 Å². The minimum absolute atomic E-state index is 1.25. The monoisotopic (exact) mass is 198 g/mol.